The van der Waals surface area contributed by atoms with E-state index in [9.17, 15) is 23.1 Å². The second kappa shape index (κ2) is 11.0. The van der Waals surface area contributed by atoms with Crippen LogP contribution < -0.4 is 10.2 Å². The lowest BCUT2D eigenvalue weighted by Crippen LogP contribution is -2.39. The molecule has 0 amide bonds. The fraction of sp³-hybridized carbons (Fsp3) is 0.667. The summed E-state index contributed by atoms with van der Waals surface area (Å²) < 4.78 is 39.4. The molecule has 33 heavy (non-hydrogen) atoms. The minimum absolute atomic E-state index is 0.0109. The maximum absolute atomic E-state index is 13.1. The zero-order valence-corrected chi connectivity index (χ0v) is 20.3. The van der Waals surface area contributed by atoms with Crippen molar-refractivity contribution in [3.8, 4) is 0 Å². The third kappa shape index (κ3) is 7.04. The van der Waals surface area contributed by atoms with E-state index < -0.39 is 18.2 Å². The zero-order valence-electron chi connectivity index (χ0n) is 19.5. The third-order valence-electron chi connectivity index (χ3n) is 6.23. The maximum Gasteiger partial charge on any atom is 0.411 e. The molecular weight excluding hydrogens is 451 g/mol. The van der Waals surface area contributed by atoms with Gasteiger partial charge in [-0.2, -0.15) is 13.2 Å². The van der Waals surface area contributed by atoms with Crippen molar-refractivity contribution in [3.63, 3.8) is 0 Å². The van der Waals surface area contributed by atoms with Gasteiger partial charge >= 0.3 is 12.1 Å². The summed E-state index contributed by atoms with van der Waals surface area (Å²) in [4.78, 5) is 17.5. The summed E-state index contributed by atoms with van der Waals surface area (Å²) in [5.74, 6) is -0.813. The topological polar surface area (TPSA) is 64.9 Å². The van der Waals surface area contributed by atoms with Crippen LogP contribution >= 0.6 is 11.8 Å². The van der Waals surface area contributed by atoms with Gasteiger partial charge in [-0.25, -0.2) is 4.99 Å². The Bertz CT molecular complexity index is 854. The number of amidine groups is 1. The second-order valence-corrected chi connectivity index (χ2v) is 10.5. The normalized spacial score (nSPS) is 20.6. The van der Waals surface area contributed by atoms with E-state index in [4.69, 9.17) is 0 Å². The molecule has 1 aliphatic carbocycles. The fourth-order valence-corrected chi connectivity index (χ4v) is 5.51. The number of carbonyl (C=O) groups is 1. The van der Waals surface area contributed by atoms with Crippen LogP contribution in [0.15, 0.2) is 23.2 Å². The van der Waals surface area contributed by atoms with Crippen molar-refractivity contribution < 1.29 is 23.1 Å². The van der Waals surface area contributed by atoms with Gasteiger partial charge in [0.25, 0.3) is 0 Å². The van der Waals surface area contributed by atoms with Crippen molar-refractivity contribution in [2.24, 2.45) is 10.9 Å². The van der Waals surface area contributed by atoms with Crippen LogP contribution in [-0.4, -0.2) is 46.8 Å². The molecule has 0 radical (unpaired) electrons. The molecule has 1 aromatic carbocycles. The fourth-order valence-electron chi connectivity index (χ4n) is 4.55. The first-order valence-corrected chi connectivity index (χ1v) is 12.7. The Labute approximate surface area is 198 Å². The summed E-state index contributed by atoms with van der Waals surface area (Å²) in [6, 6.07) is 4.52. The van der Waals surface area contributed by atoms with Gasteiger partial charge in [-0.1, -0.05) is 57.9 Å². The summed E-state index contributed by atoms with van der Waals surface area (Å²) in [6.45, 7) is 7.02. The van der Waals surface area contributed by atoms with Crippen LogP contribution in [0.25, 0.3) is 0 Å². The number of thioether (sulfide) groups is 1. The molecule has 5 nitrogen and oxygen atoms in total. The van der Waals surface area contributed by atoms with Crippen molar-refractivity contribution in [2.45, 2.75) is 83.5 Å². The highest BCUT2D eigenvalue weighted by atomic mass is 32.2. The van der Waals surface area contributed by atoms with Gasteiger partial charge in [-0.3, -0.25) is 4.79 Å². The number of aliphatic imine (C=N–C) groups is 1. The maximum atomic E-state index is 13.1. The van der Waals surface area contributed by atoms with Gasteiger partial charge in [0.2, 0.25) is 0 Å². The first-order chi connectivity index (χ1) is 15.5. The molecule has 3 rings (SSSR count). The number of nitrogens with zero attached hydrogens (tertiary/aromatic N) is 2. The van der Waals surface area contributed by atoms with Gasteiger partial charge in [-0.15, -0.1) is 0 Å². The number of nitrogens with one attached hydrogen (secondary N) is 1. The zero-order chi connectivity index (χ0) is 24.2. The molecular formula is C24H34F3N3O2S. The second-order valence-electron chi connectivity index (χ2n) is 9.54. The summed E-state index contributed by atoms with van der Waals surface area (Å²) in [7, 11) is 0. The number of halogens is 3. The quantitative estimate of drug-likeness (QED) is 0.440. The molecule has 0 aromatic heterocycles. The lowest BCUT2D eigenvalue weighted by Gasteiger charge is -2.38. The summed E-state index contributed by atoms with van der Waals surface area (Å²) in [5.41, 5.74) is 2.48. The number of aliphatic carboxylic acids is 1. The Hall–Kier alpha value is -1.90. The van der Waals surface area contributed by atoms with Crippen molar-refractivity contribution in [1.82, 2.24) is 0 Å². The first kappa shape index (κ1) is 25.7. The Morgan fingerprint density at radius 1 is 1.24 bits per heavy atom. The van der Waals surface area contributed by atoms with Crippen LogP contribution in [0.3, 0.4) is 0 Å². The lowest BCUT2D eigenvalue weighted by atomic mass is 9.92. The Morgan fingerprint density at radius 2 is 1.94 bits per heavy atom. The van der Waals surface area contributed by atoms with Gasteiger partial charge in [0.05, 0.1) is 17.8 Å². The molecule has 0 saturated heterocycles. The highest BCUT2D eigenvalue weighted by Crippen LogP contribution is 2.38. The van der Waals surface area contributed by atoms with Gasteiger partial charge in [0.15, 0.2) is 11.2 Å². The Kier molecular flexibility index (Phi) is 8.59. The Morgan fingerprint density at radius 3 is 2.52 bits per heavy atom. The van der Waals surface area contributed by atoms with Crippen molar-refractivity contribution in [3.05, 3.63) is 23.8 Å². The molecule has 1 fully saturated rings. The molecule has 1 heterocycles. The van der Waals surface area contributed by atoms with Gasteiger partial charge in [-0.05, 0) is 42.4 Å². The minimum atomic E-state index is -4.36. The first-order valence-electron chi connectivity index (χ1n) is 11.7. The van der Waals surface area contributed by atoms with E-state index in [-0.39, 0.29) is 23.3 Å². The van der Waals surface area contributed by atoms with Crippen LogP contribution in [0, 0.1) is 5.92 Å². The van der Waals surface area contributed by atoms with E-state index >= 15 is 0 Å². The van der Waals surface area contributed by atoms with E-state index in [0.717, 1.165) is 42.4 Å². The molecule has 0 bridgehead atoms. The number of rotatable bonds is 8. The number of hydrogen-bond donors (Lipinski definition) is 2. The predicted octanol–water partition coefficient (Wildman–Crippen LogP) is 6.51. The van der Waals surface area contributed by atoms with Crippen molar-refractivity contribution >= 4 is 34.3 Å². The smallest absolute Gasteiger partial charge is 0.411 e. The number of anilines is 2. The van der Waals surface area contributed by atoms with Gasteiger partial charge in [0.1, 0.15) is 0 Å². The van der Waals surface area contributed by atoms with Crippen LogP contribution in [0.1, 0.15) is 70.8 Å². The number of carboxylic acid groups (broad SMARTS) is 1. The molecule has 0 spiro atoms. The van der Waals surface area contributed by atoms with E-state index in [1.807, 2.05) is 25.1 Å². The lowest BCUT2D eigenvalue weighted by molar-refractivity contribution is -0.141. The Balaban J connectivity index is 1.97. The molecule has 2 aliphatic rings. The number of carboxylic acids is 1. The van der Waals surface area contributed by atoms with Crippen LogP contribution in [0.2, 0.25) is 0 Å². The molecule has 9 heteroatoms. The van der Waals surface area contributed by atoms with Gasteiger partial charge in [0, 0.05) is 18.3 Å². The number of hydrogen-bond acceptors (Lipinski definition) is 5. The molecule has 2 unspecified atom stereocenters. The molecule has 1 saturated carbocycles. The molecule has 2 atom stereocenters. The van der Waals surface area contributed by atoms with E-state index in [1.54, 1.807) is 0 Å². The molecule has 184 valence electrons. The van der Waals surface area contributed by atoms with E-state index in [1.165, 1.54) is 19.3 Å². The SMILES string of the molecule is CC(C)CN(c1ccc(C(C)CC(=O)O)cc1NC1=NC(C(F)(F)F)CS1)C1CCCCC1. The van der Waals surface area contributed by atoms with Crippen LogP contribution in [0.5, 0.6) is 0 Å². The van der Waals surface area contributed by atoms with Crippen LogP contribution in [0.4, 0.5) is 24.5 Å². The standard InChI is InChI=1S/C24H34F3N3O2S/c1-15(2)13-30(18-7-5-4-6-8-18)20-10-9-17(16(3)11-22(31)32)12-19(20)28-23-29-21(14-33-23)24(25,26)27/h9-10,12,15-16,18,21H,4-8,11,13-14H2,1-3H3,(H,28,29)(H,31,32). The highest BCUT2D eigenvalue weighted by molar-refractivity contribution is 8.14. The monoisotopic (exact) mass is 485 g/mol. The summed E-state index contributed by atoms with van der Waals surface area (Å²) >= 11 is 1.07. The minimum Gasteiger partial charge on any atom is -0.481 e. The van der Waals surface area contributed by atoms with E-state index in [2.05, 4.69) is 29.1 Å². The van der Waals surface area contributed by atoms with Crippen molar-refractivity contribution in [1.29, 1.82) is 0 Å². The van der Waals surface area contributed by atoms with Crippen LogP contribution in [-0.2, 0) is 4.79 Å². The number of alkyl halides is 3. The molecule has 1 aliphatic heterocycles. The van der Waals surface area contributed by atoms with Crippen molar-refractivity contribution in [2.75, 3.05) is 22.5 Å². The largest absolute Gasteiger partial charge is 0.481 e. The summed E-state index contributed by atoms with van der Waals surface area (Å²) in [6.07, 6.45) is 1.39. The average Bonchev–Trinajstić information content (AvgIpc) is 3.21. The molecule has 1 aromatic rings. The average molecular weight is 486 g/mol. The predicted molar refractivity (Wildman–Crippen MR) is 130 cm³/mol. The molecule has 2 N–H and O–H groups in total. The van der Waals surface area contributed by atoms with E-state index in [0.29, 0.717) is 17.6 Å². The third-order valence-corrected chi connectivity index (χ3v) is 7.19. The summed E-state index contributed by atoms with van der Waals surface area (Å²) in [5, 5.41) is 12.6. The van der Waals surface area contributed by atoms with Gasteiger partial charge < -0.3 is 15.3 Å². The number of benzene rings is 1. The highest BCUT2D eigenvalue weighted by Gasteiger charge is 2.42.